The summed E-state index contributed by atoms with van der Waals surface area (Å²) in [5.74, 6) is 0. The lowest BCUT2D eigenvalue weighted by Gasteiger charge is -2.41. The molecule has 1 aromatic carbocycles. The van der Waals surface area contributed by atoms with Gasteiger partial charge in [0.2, 0.25) is 0 Å². The number of aliphatic hydroxyl groups is 1. The van der Waals surface area contributed by atoms with E-state index in [-0.39, 0.29) is 6.61 Å². The molecule has 1 aliphatic rings. The number of nitrogens with zero attached hydrogens (tertiary/aromatic N) is 3. The van der Waals surface area contributed by atoms with Crippen LogP contribution in [0.1, 0.15) is 16.8 Å². The Balaban J connectivity index is 1.69. The largest absolute Gasteiger partial charge is 0.393 e. The van der Waals surface area contributed by atoms with Gasteiger partial charge in [-0.1, -0.05) is 29.8 Å². The Kier molecular flexibility index (Phi) is 4.80. The van der Waals surface area contributed by atoms with Crippen LogP contribution in [0.3, 0.4) is 0 Å². The average Bonchev–Trinajstić information content (AvgIpc) is 2.95. The fourth-order valence-corrected chi connectivity index (χ4v) is 3.17. The van der Waals surface area contributed by atoms with Crippen molar-refractivity contribution in [2.45, 2.75) is 25.5 Å². The normalized spacial score (nSPS) is 22.4. The van der Waals surface area contributed by atoms with Crippen LogP contribution in [0.4, 0.5) is 0 Å². The van der Waals surface area contributed by atoms with Crippen molar-refractivity contribution in [1.29, 1.82) is 0 Å². The standard InChI is InChI=1S/C18H25N3O2/c1-15-3-5-16(6-4-15)9-18(13-22)12-21(7-8-23-18)11-17-10-20(2)14-19-17/h3-6,10,14,22H,7-9,11-13H2,1-2H3. The van der Waals surface area contributed by atoms with Gasteiger partial charge in [-0.2, -0.15) is 0 Å². The molecule has 0 amide bonds. The van der Waals surface area contributed by atoms with Crippen molar-refractivity contribution in [3.8, 4) is 0 Å². The summed E-state index contributed by atoms with van der Waals surface area (Å²) >= 11 is 0. The molecule has 0 spiro atoms. The van der Waals surface area contributed by atoms with Crippen molar-refractivity contribution >= 4 is 0 Å². The Bertz CT molecular complexity index is 638. The first-order chi connectivity index (χ1) is 11.1. The molecule has 2 heterocycles. The summed E-state index contributed by atoms with van der Waals surface area (Å²) in [6.45, 7) is 5.12. The zero-order chi connectivity index (χ0) is 16.3. The van der Waals surface area contributed by atoms with Gasteiger partial charge in [0.15, 0.2) is 0 Å². The molecule has 23 heavy (non-hydrogen) atoms. The first-order valence-corrected chi connectivity index (χ1v) is 8.08. The molecule has 0 radical (unpaired) electrons. The van der Waals surface area contributed by atoms with Crippen LogP contribution in [-0.4, -0.2) is 51.5 Å². The number of hydrogen-bond donors (Lipinski definition) is 1. The van der Waals surface area contributed by atoms with Crippen LogP contribution < -0.4 is 0 Å². The summed E-state index contributed by atoms with van der Waals surface area (Å²) < 4.78 is 7.96. The average molecular weight is 315 g/mol. The molecule has 124 valence electrons. The molecule has 3 rings (SSSR count). The van der Waals surface area contributed by atoms with E-state index in [4.69, 9.17) is 4.74 Å². The molecule has 1 atom stereocenters. The van der Waals surface area contributed by atoms with E-state index in [1.54, 1.807) is 0 Å². The van der Waals surface area contributed by atoms with E-state index in [0.717, 1.165) is 25.2 Å². The van der Waals surface area contributed by atoms with Gasteiger partial charge in [0.25, 0.3) is 0 Å². The minimum absolute atomic E-state index is 0.0274. The van der Waals surface area contributed by atoms with Crippen LogP contribution in [0.5, 0.6) is 0 Å². The Labute approximate surface area is 137 Å². The summed E-state index contributed by atoms with van der Waals surface area (Å²) in [5, 5.41) is 9.97. The lowest BCUT2D eigenvalue weighted by Crippen LogP contribution is -2.55. The van der Waals surface area contributed by atoms with Gasteiger partial charge in [0.05, 0.1) is 25.2 Å². The van der Waals surface area contributed by atoms with Crippen molar-refractivity contribution in [1.82, 2.24) is 14.5 Å². The highest BCUT2D eigenvalue weighted by Gasteiger charge is 2.36. The van der Waals surface area contributed by atoms with Gasteiger partial charge in [-0.25, -0.2) is 4.98 Å². The van der Waals surface area contributed by atoms with Crippen LogP contribution in [0.2, 0.25) is 0 Å². The molecular weight excluding hydrogens is 290 g/mol. The second kappa shape index (κ2) is 6.83. The van der Waals surface area contributed by atoms with E-state index in [9.17, 15) is 5.11 Å². The summed E-state index contributed by atoms with van der Waals surface area (Å²) in [6, 6.07) is 8.45. The second-order valence-electron chi connectivity index (χ2n) is 6.59. The van der Waals surface area contributed by atoms with Crippen molar-refractivity contribution in [2.75, 3.05) is 26.3 Å². The summed E-state index contributed by atoms with van der Waals surface area (Å²) in [7, 11) is 1.98. The van der Waals surface area contributed by atoms with E-state index < -0.39 is 5.60 Å². The summed E-state index contributed by atoms with van der Waals surface area (Å²) in [5.41, 5.74) is 2.97. The minimum Gasteiger partial charge on any atom is -0.393 e. The minimum atomic E-state index is -0.526. The van der Waals surface area contributed by atoms with E-state index in [0.29, 0.717) is 13.2 Å². The van der Waals surface area contributed by atoms with E-state index >= 15 is 0 Å². The van der Waals surface area contributed by atoms with Gasteiger partial charge in [0.1, 0.15) is 5.60 Å². The highest BCUT2D eigenvalue weighted by atomic mass is 16.5. The number of ether oxygens (including phenoxy) is 1. The maximum atomic E-state index is 9.97. The summed E-state index contributed by atoms with van der Waals surface area (Å²) in [6.07, 6.45) is 4.58. The van der Waals surface area contributed by atoms with Gasteiger partial charge in [-0.15, -0.1) is 0 Å². The third kappa shape index (κ3) is 3.99. The van der Waals surface area contributed by atoms with Crippen molar-refractivity contribution in [3.63, 3.8) is 0 Å². The van der Waals surface area contributed by atoms with Crippen molar-refractivity contribution in [2.24, 2.45) is 7.05 Å². The number of morpholine rings is 1. The zero-order valence-corrected chi connectivity index (χ0v) is 13.9. The predicted octanol–water partition coefficient (Wildman–Crippen LogP) is 1.53. The molecule has 1 aliphatic heterocycles. The first kappa shape index (κ1) is 16.2. The van der Waals surface area contributed by atoms with Gasteiger partial charge >= 0.3 is 0 Å². The van der Waals surface area contributed by atoms with Crippen LogP contribution in [-0.2, 0) is 24.8 Å². The quantitative estimate of drug-likeness (QED) is 0.909. The van der Waals surface area contributed by atoms with Crippen molar-refractivity contribution < 1.29 is 9.84 Å². The first-order valence-electron chi connectivity index (χ1n) is 8.08. The molecule has 1 aromatic heterocycles. The molecule has 1 unspecified atom stereocenters. The van der Waals surface area contributed by atoms with Crippen molar-refractivity contribution in [3.05, 3.63) is 53.6 Å². The Morgan fingerprint density at radius 3 is 2.74 bits per heavy atom. The molecule has 5 nitrogen and oxygen atoms in total. The van der Waals surface area contributed by atoms with Gasteiger partial charge in [-0.3, -0.25) is 4.90 Å². The highest BCUT2D eigenvalue weighted by molar-refractivity contribution is 5.23. The van der Waals surface area contributed by atoms with E-state index in [1.165, 1.54) is 11.1 Å². The number of aryl methyl sites for hydroxylation is 2. The van der Waals surface area contributed by atoms with Crippen LogP contribution in [0.25, 0.3) is 0 Å². The Morgan fingerprint density at radius 2 is 2.09 bits per heavy atom. The fraction of sp³-hybridized carbons (Fsp3) is 0.500. The summed E-state index contributed by atoms with van der Waals surface area (Å²) in [4.78, 5) is 6.71. The van der Waals surface area contributed by atoms with E-state index in [1.807, 2.05) is 24.1 Å². The zero-order valence-electron chi connectivity index (χ0n) is 13.9. The Hall–Kier alpha value is -1.69. The molecule has 1 fully saturated rings. The lowest BCUT2D eigenvalue weighted by atomic mass is 9.92. The maximum Gasteiger partial charge on any atom is 0.108 e. The maximum absolute atomic E-state index is 9.97. The van der Waals surface area contributed by atoms with Gasteiger partial charge in [0, 0.05) is 39.3 Å². The van der Waals surface area contributed by atoms with Gasteiger partial charge < -0.3 is 14.4 Å². The Morgan fingerprint density at radius 1 is 1.30 bits per heavy atom. The number of hydrogen-bond acceptors (Lipinski definition) is 4. The molecule has 5 heteroatoms. The van der Waals surface area contributed by atoms with Crippen LogP contribution >= 0.6 is 0 Å². The second-order valence-corrected chi connectivity index (χ2v) is 6.59. The predicted molar refractivity (Wildman–Crippen MR) is 89.1 cm³/mol. The highest BCUT2D eigenvalue weighted by Crippen LogP contribution is 2.24. The molecule has 0 saturated carbocycles. The number of rotatable bonds is 5. The number of benzene rings is 1. The molecule has 1 N–H and O–H groups in total. The molecule has 0 aliphatic carbocycles. The van der Waals surface area contributed by atoms with Crippen LogP contribution in [0.15, 0.2) is 36.8 Å². The topological polar surface area (TPSA) is 50.5 Å². The third-order valence-electron chi connectivity index (χ3n) is 4.41. The number of imidazole rings is 1. The number of aromatic nitrogens is 2. The lowest BCUT2D eigenvalue weighted by molar-refractivity contribution is -0.134. The van der Waals surface area contributed by atoms with Gasteiger partial charge in [-0.05, 0) is 12.5 Å². The molecule has 0 bridgehead atoms. The third-order valence-corrected chi connectivity index (χ3v) is 4.41. The monoisotopic (exact) mass is 315 g/mol. The van der Waals surface area contributed by atoms with E-state index in [2.05, 4.69) is 41.1 Å². The van der Waals surface area contributed by atoms with Crippen LogP contribution in [0, 0.1) is 6.92 Å². The molecule has 2 aromatic rings. The smallest absolute Gasteiger partial charge is 0.108 e. The molecule has 1 saturated heterocycles. The SMILES string of the molecule is Cc1ccc(CC2(CO)CN(Cc3cn(C)cn3)CCO2)cc1. The fourth-order valence-electron chi connectivity index (χ4n) is 3.17. The molecular formula is C18H25N3O2. The number of aliphatic hydroxyl groups excluding tert-OH is 1.